The van der Waals surface area contributed by atoms with Crippen molar-refractivity contribution in [2.24, 2.45) is 5.73 Å². The minimum Gasteiger partial charge on any atom is -0.505 e. The number of phenols is 1. The first-order valence-electron chi connectivity index (χ1n) is 5.50. The maximum Gasteiger partial charge on any atom is 0.248 e. The zero-order valence-electron chi connectivity index (χ0n) is 10.2. The summed E-state index contributed by atoms with van der Waals surface area (Å²) in [6.45, 7) is 0. The molecule has 2 aromatic rings. The Hall–Kier alpha value is -2.01. The number of carbonyl (C=O) groups excluding carboxylic acids is 1. The van der Waals surface area contributed by atoms with E-state index < -0.39 is 17.5 Å². The summed E-state index contributed by atoms with van der Waals surface area (Å²) in [5.74, 6) is -1.71. The van der Waals surface area contributed by atoms with Crippen LogP contribution in [0.25, 0.3) is 11.1 Å². The quantitative estimate of drug-likeness (QED) is 0.848. The third-order valence-corrected chi connectivity index (χ3v) is 3.55. The van der Waals surface area contributed by atoms with Gasteiger partial charge in [0.1, 0.15) is 0 Å². The van der Waals surface area contributed by atoms with Crippen LogP contribution in [0.4, 0.5) is 4.39 Å². The van der Waals surface area contributed by atoms with Crippen LogP contribution in [-0.2, 0) is 0 Å². The van der Waals surface area contributed by atoms with Crippen LogP contribution in [0, 0.1) is 5.82 Å². The normalized spacial score (nSPS) is 10.4. The Morgan fingerprint density at radius 2 is 2.00 bits per heavy atom. The van der Waals surface area contributed by atoms with Crippen LogP contribution in [-0.4, -0.2) is 17.3 Å². The Bertz CT molecular complexity index is 643. The van der Waals surface area contributed by atoms with Gasteiger partial charge >= 0.3 is 0 Å². The number of rotatable bonds is 3. The molecule has 3 N–H and O–H groups in total. The first-order valence-corrected chi connectivity index (χ1v) is 6.72. The van der Waals surface area contributed by atoms with Crippen molar-refractivity contribution < 1.29 is 14.3 Å². The standard InChI is InChI=1S/C14H12FNO2S/c1-19-12-6-5-8(14(16)18)7-10(12)9-3-2-4-11(17)13(9)15/h2-7,17H,1H3,(H2,16,18). The lowest BCUT2D eigenvalue weighted by atomic mass is 10.0. The van der Waals surface area contributed by atoms with Gasteiger partial charge < -0.3 is 10.8 Å². The Morgan fingerprint density at radius 3 is 2.63 bits per heavy atom. The monoisotopic (exact) mass is 277 g/mol. The summed E-state index contributed by atoms with van der Waals surface area (Å²) in [7, 11) is 0. The van der Waals surface area contributed by atoms with E-state index in [-0.39, 0.29) is 5.56 Å². The maximum atomic E-state index is 14.0. The summed E-state index contributed by atoms with van der Waals surface area (Å²) in [5.41, 5.74) is 6.31. The van der Waals surface area contributed by atoms with Crippen LogP contribution in [0.5, 0.6) is 5.75 Å². The number of hydrogen-bond donors (Lipinski definition) is 2. The van der Waals surface area contributed by atoms with Crippen molar-refractivity contribution in [2.45, 2.75) is 4.90 Å². The smallest absolute Gasteiger partial charge is 0.248 e. The number of nitrogens with two attached hydrogens (primary N) is 1. The fourth-order valence-electron chi connectivity index (χ4n) is 1.80. The van der Waals surface area contributed by atoms with Crippen molar-refractivity contribution in [3.8, 4) is 16.9 Å². The van der Waals surface area contributed by atoms with Crippen molar-refractivity contribution in [3.05, 3.63) is 47.8 Å². The number of carbonyl (C=O) groups is 1. The first-order chi connectivity index (χ1) is 9.04. The maximum absolute atomic E-state index is 14.0. The van der Waals surface area contributed by atoms with Gasteiger partial charge in [0.2, 0.25) is 5.91 Å². The van der Waals surface area contributed by atoms with Crippen molar-refractivity contribution in [1.82, 2.24) is 0 Å². The molecule has 0 aliphatic heterocycles. The lowest BCUT2D eigenvalue weighted by Crippen LogP contribution is -2.10. The lowest BCUT2D eigenvalue weighted by Gasteiger charge is -2.10. The molecule has 0 aliphatic rings. The number of phenolic OH excluding ortho intramolecular Hbond substituents is 1. The van der Waals surface area contributed by atoms with Crippen molar-refractivity contribution in [1.29, 1.82) is 0 Å². The Kier molecular flexibility index (Phi) is 3.76. The predicted octanol–water partition coefficient (Wildman–Crippen LogP) is 3.02. The largest absolute Gasteiger partial charge is 0.505 e. The fraction of sp³-hybridized carbons (Fsp3) is 0.0714. The van der Waals surface area contributed by atoms with E-state index in [1.807, 2.05) is 6.26 Å². The average molecular weight is 277 g/mol. The van der Waals surface area contributed by atoms with Gasteiger partial charge in [0.15, 0.2) is 11.6 Å². The average Bonchev–Trinajstić information content (AvgIpc) is 2.41. The van der Waals surface area contributed by atoms with Crippen LogP contribution in [0.1, 0.15) is 10.4 Å². The highest BCUT2D eigenvalue weighted by Crippen LogP contribution is 2.35. The Morgan fingerprint density at radius 1 is 1.26 bits per heavy atom. The van der Waals surface area contributed by atoms with Crippen molar-refractivity contribution in [2.75, 3.05) is 6.26 Å². The van der Waals surface area contributed by atoms with E-state index in [2.05, 4.69) is 0 Å². The molecule has 2 aromatic carbocycles. The number of aromatic hydroxyl groups is 1. The van der Waals surface area contributed by atoms with Gasteiger partial charge in [-0.2, -0.15) is 0 Å². The van der Waals surface area contributed by atoms with Gasteiger partial charge in [-0.15, -0.1) is 11.8 Å². The third kappa shape index (κ3) is 2.56. The van der Waals surface area contributed by atoms with Crippen molar-refractivity contribution >= 4 is 17.7 Å². The molecule has 0 spiro atoms. The van der Waals surface area contributed by atoms with E-state index in [1.165, 1.54) is 23.9 Å². The van der Waals surface area contributed by atoms with Gasteiger partial charge in [0.05, 0.1) is 0 Å². The van der Waals surface area contributed by atoms with Gasteiger partial charge in [-0.1, -0.05) is 12.1 Å². The van der Waals surface area contributed by atoms with Gasteiger partial charge in [0, 0.05) is 16.0 Å². The first kappa shape index (κ1) is 13.4. The van der Waals surface area contributed by atoms with Crippen LogP contribution in [0.3, 0.4) is 0 Å². The van der Waals surface area contributed by atoms with E-state index in [4.69, 9.17) is 5.73 Å². The number of thioether (sulfide) groups is 1. The fourth-order valence-corrected chi connectivity index (χ4v) is 2.39. The summed E-state index contributed by atoms with van der Waals surface area (Å²) in [4.78, 5) is 12.0. The molecule has 0 unspecified atom stereocenters. The molecule has 5 heteroatoms. The van der Waals surface area contributed by atoms with Crippen LogP contribution >= 0.6 is 11.8 Å². The number of primary amides is 1. The molecule has 0 radical (unpaired) electrons. The van der Waals surface area contributed by atoms with Crippen molar-refractivity contribution in [3.63, 3.8) is 0 Å². The second-order valence-corrected chi connectivity index (χ2v) is 4.77. The molecule has 0 saturated heterocycles. The van der Waals surface area contributed by atoms with E-state index in [0.29, 0.717) is 11.1 Å². The molecular formula is C14H12FNO2S. The van der Waals surface area contributed by atoms with Crippen LogP contribution in [0.15, 0.2) is 41.3 Å². The molecule has 0 fully saturated rings. The summed E-state index contributed by atoms with van der Waals surface area (Å²) >= 11 is 1.42. The van der Waals surface area contributed by atoms with E-state index >= 15 is 0 Å². The molecule has 1 amide bonds. The van der Waals surface area contributed by atoms with Gasteiger partial charge in [-0.3, -0.25) is 4.79 Å². The SMILES string of the molecule is CSc1ccc(C(N)=O)cc1-c1cccc(O)c1F. The lowest BCUT2D eigenvalue weighted by molar-refractivity contribution is 0.100. The van der Waals surface area contributed by atoms with Gasteiger partial charge in [-0.05, 0) is 36.1 Å². The van der Waals surface area contributed by atoms with E-state index in [0.717, 1.165) is 4.90 Å². The Balaban J connectivity index is 2.68. The number of benzene rings is 2. The van der Waals surface area contributed by atoms with Crippen LogP contribution < -0.4 is 5.73 Å². The highest BCUT2D eigenvalue weighted by Gasteiger charge is 2.14. The molecule has 0 aliphatic carbocycles. The summed E-state index contributed by atoms with van der Waals surface area (Å²) < 4.78 is 14.0. The second-order valence-electron chi connectivity index (χ2n) is 3.92. The number of amides is 1. The third-order valence-electron chi connectivity index (χ3n) is 2.75. The zero-order chi connectivity index (χ0) is 14.0. The van der Waals surface area contributed by atoms with Crippen LogP contribution in [0.2, 0.25) is 0 Å². The molecule has 0 aromatic heterocycles. The highest BCUT2D eigenvalue weighted by molar-refractivity contribution is 7.98. The molecule has 0 saturated carbocycles. The summed E-state index contributed by atoms with van der Waals surface area (Å²) in [6, 6.07) is 9.22. The molecule has 0 atom stereocenters. The number of hydrogen-bond acceptors (Lipinski definition) is 3. The highest BCUT2D eigenvalue weighted by atomic mass is 32.2. The molecule has 0 bridgehead atoms. The topological polar surface area (TPSA) is 63.3 Å². The minimum absolute atomic E-state index is 0.243. The van der Waals surface area contributed by atoms with Gasteiger partial charge in [0.25, 0.3) is 0 Å². The van der Waals surface area contributed by atoms with E-state index in [9.17, 15) is 14.3 Å². The minimum atomic E-state index is -0.709. The molecular weight excluding hydrogens is 265 g/mol. The molecule has 19 heavy (non-hydrogen) atoms. The summed E-state index contributed by atoms with van der Waals surface area (Å²) in [6.07, 6.45) is 1.85. The van der Waals surface area contributed by atoms with Gasteiger partial charge in [-0.25, -0.2) is 4.39 Å². The second kappa shape index (κ2) is 5.32. The molecule has 2 rings (SSSR count). The number of halogens is 1. The predicted molar refractivity (Wildman–Crippen MR) is 73.8 cm³/mol. The molecule has 98 valence electrons. The molecule has 0 heterocycles. The van der Waals surface area contributed by atoms with E-state index in [1.54, 1.807) is 24.3 Å². The molecule has 3 nitrogen and oxygen atoms in total. The summed E-state index contributed by atoms with van der Waals surface area (Å²) in [5, 5.41) is 9.43. The Labute approximate surface area is 114 Å². The zero-order valence-corrected chi connectivity index (χ0v) is 11.0.